The van der Waals surface area contributed by atoms with Gasteiger partial charge in [0.05, 0.1) is 0 Å². The van der Waals surface area contributed by atoms with Crippen molar-refractivity contribution < 1.29 is 13.5 Å². The molecule has 0 rings (SSSR count). The Morgan fingerprint density at radius 3 is 2.64 bits per heavy atom. The van der Waals surface area contributed by atoms with Crippen LogP contribution in [0.25, 0.3) is 0 Å². The van der Waals surface area contributed by atoms with Gasteiger partial charge < -0.3 is 9.29 Å². The summed E-state index contributed by atoms with van der Waals surface area (Å²) in [5.41, 5.74) is 0. The summed E-state index contributed by atoms with van der Waals surface area (Å²) in [6.07, 6.45) is 1.76. The minimum Gasteiger partial charge on any atom is -0.385 e. The maximum Gasteiger partial charge on any atom is 0.152 e. The fourth-order valence-electron chi connectivity index (χ4n) is 0.765. The van der Waals surface area contributed by atoms with Crippen LogP contribution in [0.5, 0.6) is 0 Å². The van der Waals surface area contributed by atoms with Crippen molar-refractivity contribution in [1.82, 2.24) is 0 Å². The van der Waals surface area contributed by atoms with Crippen molar-refractivity contribution in [3.8, 4) is 0 Å². The zero-order chi connectivity index (χ0) is 8.69. The number of hydrogen-bond acceptors (Lipinski definition) is 2. The van der Waals surface area contributed by atoms with Crippen molar-refractivity contribution in [2.45, 2.75) is 19.8 Å². The molecule has 0 heterocycles. The Morgan fingerprint density at radius 2 is 2.18 bits per heavy atom. The van der Waals surface area contributed by atoms with Crippen LogP contribution in [0.15, 0.2) is 0 Å². The summed E-state index contributed by atoms with van der Waals surface area (Å²) in [6.45, 7) is 2.80. The van der Waals surface area contributed by atoms with E-state index in [1.54, 1.807) is 7.11 Å². The summed E-state index contributed by atoms with van der Waals surface area (Å²) in [7, 11) is 1.66. The van der Waals surface area contributed by atoms with Crippen LogP contribution in [-0.4, -0.2) is 28.2 Å². The van der Waals surface area contributed by atoms with Gasteiger partial charge in [-0.2, -0.15) is 0 Å². The predicted molar refractivity (Wildman–Crippen MR) is 45.9 cm³/mol. The van der Waals surface area contributed by atoms with Gasteiger partial charge in [0.1, 0.15) is 0 Å². The van der Waals surface area contributed by atoms with Crippen molar-refractivity contribution >= 4 is 11.1 Å². The normalized spacial score (nSPS) is 16.3. The molecular weight excluding hydrogens is 164 g/mol. The van der Waals surface area contributed by atoms with Crippen molar-refractivity contribution in [2.24, 2.45) is 5.92 Å². The van der Waals surface area contributed by atoms with Crippen LogP contribution in [0.2, 0.25) is 0 Å². The van der Waals surface area contributed by atoms with Crippen LogP contribution >= 0.6 is 0 Å². The zero-order valence-electron chi connectivity index (χ0n) is 7.08. The molecule has 0 aliphatic rings. The third-order valence-electron chi connectivity index (χ3n) is 1.60. The van der Waals surface area contributed by atoms with E-state index in [4.69, 9.17) is 9.29 Å². The molecule has 0 amide bonds. The highest BCUT2D eigenvalue weighted by atomic mass is 32.2. The molecule has 0 spiro atoms. The molecule has 0 aromatic carbocycles. The fraction of sp³-hybridized carbons (Fsp3) is 1.00. The quantitative estimate of drug-likeness (QED) is 0.626. The minimum atomic E-state index is -1.63. The Bertz CT molecular complexity index is 116. The van der Waals surface area contributed by atoms with Crippen LogP contribution < -0.4 is 0 Å². The van der Waals surface area contributed by atoms with E-state index in [2.05, 4.69) is 6.92 Å². The molecule has 0 saturated carbocycles. The number of rotatable bonds is 6. The topological polar surface area (TPSA) is 46.5 Å². The molecule has 3 nitrogen and oxygen atoms in total. The van der Waals surface area contributed by atoms with Gasteiger partial charge in [0.15, 0.2) is 11.1 Å². The highest BCUT2D eigenvalue weighted by molar-refractivity contribution is 7.79. The molecule has 11 heavy (non-hydrogen) atoms. The van der Waals surface area contributed by atoms with Gasteiger partial charge in [-0.3, -0.25) is 0 Å². The largest absolute Gasteiger partial charge is 0.385 e. The van der Waals surface area contributed by atoms with E-state index in [-0.39, 0.29) is 0 Å². The van der Waals surface area contributed by atoms with Gasteiger partial charge in [-0.15, -0.1) is 0 Å². The molecule has 2 atom stereocenters. The van der Waals surface area contributed by atoms with Gasteiger partial charge >= 0.3 is 0 Å². The molecule has 0 aromatic rings. The van der Waals surface area contributed by atoms with E-state index >= 15 is 0 Å². The predicted octanol–water partition coefficient (Wildman–Crippen LogP) is 1.27. The molecular formula is C7H16O3S. The van der Waals surface area contributed by atoms with Gasteiger partial charge in [-0.25, -0.2) is 4.21 Å². The highest BCUT2D eigenvalue weighted by Gasteiger charge is 2.03. The Labute approximate surface area is 70.4 Å². The Kier molecular flexibility index (Phi) is 6.80. The molecule has 0 saturated heterocycles. The lowest BCUT2D eigenvalue weighted by Gasteiger charge is -2.07. The first-order chi connectivity index (χ1) is 5.16. The maximum absolute atomic E-state index is 10.3. The second kappa shape index (κ2) is 6.76. The van der Waals surface area contributed by atoms with E-state index in [9.17, 15) is 4.21 Å². The Hall–Kier alpha value is 0.0700. The Morgan fingerprint density at radius 1 is 1.55 bits per heavy atom. The summed E-state index contributed by atoms with van der Waals surface area (Å²) < 4.78 is 23.6. The van der Waals surface area contributed by atoms with Crippen LogP contribution in [0.4, 0.5) is 0 Å². The van der Waals surface area contributed by atoms with Crippen LogP contribution in [0.1, 0.15) is 19.8 Å². The van der Waals surface area contributed by atoms with E-state index in [1.165, 1.54) is 0 Å². The first kappa shape index (κ1) is 11.1. The second-order valence-electron chi connectivity index (χ2n) is 2.70. The third kappa shape index (κ3) is 7.97. The van der Waals surface area contributed by atoms with Crippen LogP contribution in [-0.2, 0) is 15.8 Å². The van der Waals surface area contributed by atoms with Gasteiger partial charge in [-0.1, -0.05) is 6.92 Å². The molecule has 0 aromatic heterocycles. The smallest absolute Gasteiger partial charge is 0.152 e. The molecule has 2 unspecified atom stereocenters. The summed E-state index contributed by atoms with van der Waals surface area (Å²) in [5.74, 6) is 0.858. The molecule has 68 valence electrons. The maximum atomic E-state index is 10.3. The van der Waals surface area contributed by atoms with E-state index < -0.39 is 11.1 Å². The van der Waals surface area contributed by atoms with Crippen LogP contribution in [0, 0.1) is 5.92 Å². The molecule has 0 radical (unpaired) electrons. The summed E-state index contributed by atoms with van der Waals surface area (Å²) in [6, 6.07) is 0. The van der Waals surface area contributed by atoms with Crippen molar-refractivity contribution in [3.63, 3.8) is 0 Å². The SMILES string of the molecule is COCCC(C)CCS(=O)O. The molecule has 0 aliphatic carbocycles. The lowest BCUT2D eigenvalue weighted by molar-refractivity contribution is 0.179. The van der Waals surface area contributed by atoms with Crippen molar-refractivity contribution in [2.75, 3.05) is 19.5 Å². The molecule has 0 bridgehead atoms. The first-order valence-corrected chi connectivity index (χ1v) is 5.00. The average molecular weight is 180 g/mol. The van der Waals surface area contributed by atoms with Crippen molar-refractivity contribution in [3.05, 3.63) is 0 Å². The summed E-state index contributed by atoms with van der Waals surface area (Å²) in [4.78, 5) is 0. The van der Waals surface area contributed by atoms with Crippen LogP contribution in [0.3, 0.4) is 0 Å². The zero-order valence-corrected chi connectivity index (χ0v) is 7.89. The van der Waals surface area contributed by atoms with Gasteiger partial charge in [0.2, 0.25) is 0 Å². The average Bonchev–Trinajstić information content (AvgIpc) is 1.97. The molecule has 0 fully saturated rings. The lowest BCUT2D eigenvalue weighted by atomic mass is 10.1. The highest BCUT2D eigenvalue weighted by Crippen LogP contribution is 2.07. The number of ether oxygens (including phenoxy) is 1. The first-order valence-electron chi connectivity index (χ1n) is 3.73. The fourth-order valence-corrected chi connectivity index (χ4v) is 1.37. The number of methoxy groups -OCH3 is 1. The van der Waals surface area contributed by atoms with Gasteiger partial charge in [-0.05, 0) is 18.8 Å². The number of hydrogen-bond donors (Lipinski definition) is 1. The van der Waals surface area contributed by atoms with E-state index in [0.29, 0.717) is 11.7 Å². The Balaban J connectivity index is 3.22. The lowest BCUT2D eigenvalue weighted by Crippen LogP contribution is -2.05. The molecule has 4 heteroatoms. The van der Waals surface area contributed by atoms with E-state index in [0.717, 1.165) is 19.4 Å². The van der Waals surface area contributed by atoms with Gasteiger partial charge in [0.25, 0.3) is 0 Å². The standard InChI is InChI=1S/C7H16O3S/c1-7(3-5-10-2)4-6-11(8)9/h7H,3-6H2,1-2H3,(H,8,9). The molecule has 0 aliphatic heterocycles. The molecule has 1 N–H and O–H groups in total. The summed E-state index contributed by atoms with van der Waals surface area (Å²) in [5, 5.41) is 0. The van der Waals surface area contributed by atoms with Gasteiger partial charge in [0, 0.05) is 19.5 Å². The minimum absolute atomic E-state index is 0.380. The second-order valence-corrected chi connectivity index (χ2v) is 3.75. The third-order valence-corrected chi connectivity index (χ3v) is 2.18. The van der Waals surface area contributed by atoms with Crippen molar-refractivity contribution in [1.29, 1.82) is 0 Å². The summed E-state index contributed by atoms with van der Waals surface area (Å²) >= 11 is -1.63. The van der Waals surface area contributed by atoms with E-state index in [1.807, 2.05) is 0 Å². The monoisotopic (exact) mass is 180 g/mol.